The summed E-state index contributed by atoms with van der Waals surface area (Å²) in [6.45, 7) is 1.95. The van der Waals surface area contributed by atoms with E-state index < -0.39 is 21.5 Å². The number of halogens is 2. The molecule has 1 rings (SSSR count). The fourth-order valence-corrected chi connectivity index (χ4v) is 2.85. The van der Waals surface area contributed by atoms with Gasteiger partial charge in [-0.1, -0.05) is 0 Å². The van der Waals surface area contributed by atoms with E-state index in [1.807, 2.05) is 6.92 Å². The molecule has 0 radical (unpaired) electrons. The zero-order valence-corrected chi connectivity index (χ0v) is 11.2. The Bertz CT molecular complexity index is 503. The van der Waals surface area contributed by atoms with Crippen LogP contribution in [0.2, 0.25) is 0 Å². The second-order valence-electron chi connectivity index (χ2n) is 4.23. The first-order chi connectivity index (χ1) is 8.36. The second kappa shape index (κ2) is 6.24. The molecule has 0 spiro atoms. The average Bonchev–Trinajstić information content (AvgIpc) is 2.32. The molecule has 0 saturated carbocycles. The van der Waals surface area contributed by atoms with Crippen molar-refractivity contribution >= 4 is 9.84 Å². The third-order valence-corrected chi connectivity index (χ3v) is 4.59. The van der Waals surface area contributed by atoms with Gasteiger partial charge in [-0.25, -0.2) is 17.2 Å². The van der Waals surface area contributed by atoms with Gasteiger partial charge in [-0.15, -0.1) is 0 Å². The maximum atomic E-state index is 13.0. The molecule has 0 saturated heterocycles. The molecule has 0 aromatic heterocycles. The molecule has 18 heavy (non-hydrogen) atoms. The minimum Gasteiger partial charge on any atom is -0.317 e. The quantitative estimate of drug-likeness (QED) is 0.810. The van der Waals surface area contributed by atoms with Crippen LogP contribution >= 0.6 is 0 Å². The van der Waals surface area contributed by atoms with E-state index >= 15 is 0 Å². The molecule has 0 fully saturated rings. The monoisotopic (exact) mass is 277 g/mol. The Labute approximate surface area is 106 Å². The molecule has 1 aromatic carbocycles. The molecule has 0 aliphatic carbocycles. The minimum absolute atomic E-state index is 0.0654. The van der Waals surface area contributed by atoms with Gasteiger partial charge in [0.15, 0.2) is 21.5 Å². The lowest BCUT2D eigenvalue weighted by molar-refractivity contribution is 0.504. The van der Waals surface area contributed by atoms with E-state index in [9.17, 15) is 17.2 Å². The van der Waals surface area contributed by atoms with Crippen molar-refractivity contribution in [3.05, 3.63) is 29.8 Å². The largest absolute Gasteiger partial charge is 0.317 e. The van der Waals surface area contributed by atoms with Gasteiger partial charge in [0, 0.05) is 6.04 Å². The zero-order valence-electron chi connectivity index (χ0n) is 10.4. The van der Waals surface area contributed by atoms with Crippen LogP contribution in [-0.2, 0) is 9.84 Å². The van der Waals surface area contributed by atoms with Gasteiger partial charge in [0.1, 0.15) is 0 Å². The number of hydrogen-bond donors (Lipinski definition) is 1. The Morgan fingerprint density at radius 3 is 2.50 bits per heavy atom. The lowest BCUT2D eigenvalue weighted by Gasteiger charge is -2.10. The molecule has 0 aliphatic rings. The number of rotatable bonds is 6. The highest BCUT2D eigenvalue weighted by atomic mass is 32.2. The van der Waals surface area contributed by atoms with E-state index in [0.717, 1.165) is 18.2 Å². The molecule has 102 valence electrons. The van der Waals surface area contributed by atoms with Crippen LogP contribution in [0.3, 0.4) is 0 Å². The van der Waals surface area contributed by atoms with Crippen LogP contribution in [0.15, 0.2) is 23.1 Å². The van der Waals surface area contributed by atoms with E-state index in [1.165, 1.54) is 0 Å². The maximum absolute atomic E-state index is 13.0. The Kier molecular flexibility index (Phi) is 5.22. The highest BCUT2D eigenvalue weighted by Crippen LogP contribution is 2.16. The van der Waals surface area contributed by atoms with Crippen LogP contribution < -0.4 is 5.32 Å². The number of nitrogens with one attached hydrogen (secondary N) is 1. The number of hydrogen-bond acceptors (Lipinski definition) is 3. The van der Waals surface area contributed by atoms with Gasteiger partial charge < -0.3 is 5.32 Å². The summed E-state index contributed by atoms with van der Waals surface area (Å²) in [4.78, 5) is -0.168. The van der Waals surface area contributed by atoms with Crippen molar-refractivity contribution in [2.24, 2.45) is 0 Å². The van der Waals surface area contributed by atoms with Gasteiger partial charge in [-0.2, -0.15) is 0 Å². The Hall–Kier alpha value is -1.01. The summed E-state index contributed by atoms with van der Waals surface area (Å²) >= 11 is 0. The van der Waals surface area contributed by atoms with Crippen molar-refractivity contribution < 1.29 is 17.2 Å². The smallest absolute Gasteiger partial charge is 0.178 e. The van der Waals surface area contributed by atoms with Crippen LogP contribution in [-0.4, -0.2) is 27.3 Å². The SMILES string of the molecule is CNC(C)CCCS(=O)(=O)c1ccc(F)c(F)c1. The number of sulfone groups is 1. The summed E-state index contributed by atoms with van der Waals surface area (Å²) in [5.41, 5.74) is 0. The Morgan fingerprint density at radius 1 is 1.28 bits per heavy atom. The summed E-state index contributed by atoms with van der Waals surface area (Å²) in [5.74, 6) is -2.25. The van der Waals surface area contributed by atoms with Crippen LogP contribution in [0, 0.1) is 11.6 Å². The molecule has 6 heteroatoms. The first-order valence-corrected chi connectivity index (χ1v) is 7.37. The van der Waals surface area contributed by atoms with Crippen molar-refractivity contribution in [3.63, 3.8) is 0 Å². The molecule has 1 unspecified atom stereocenters. The highest BCUT2D eigenvalue weighted by molar-refractivity contribution is 7.91. The first-order valence-electron chi connectivity index (χ1n) is 5.72. The van der Waals surface area contributed by atoms with Gasteiger partial charge in [0.05, 0.1) is 10.6 Å². The van der Waals surface area contributed by atoms with Gasteiger partial charge >= 0.3 is 0 Å². The Morgan fingerprint density at radius 2 is 1.94 bits per heavy atom. The van der Waals surface area contributed by atoms with Crippen molar-refractivity contribution in [2.75, 3.05) is 12.8 Å². The molecule has 0 heterocycles. The zero-order chi connectivity index (χ0) is 13.8. The summed E-state index contributed by atoms with van der Waals surface area (Å²) in [6, 6.07) is 2.88. The van der Waals surface area contributed by atoms with Crippen LogP contribution in [0.25, 0.3) is 0 Å². The summed E-state index contributed by atoms with van der Waals surface area (Å²) in [5, 5.41) is 3.00. The third-order valence-electron chi connectivity index (χ3n) is 2.79. The minimum atomic E-state index is -3.54. The maximum Gasteiger partial charge on any atom is 0.178 e. The molecule has 1 atom stereocenters. The van der Waals surface area contributed by atoms with E-state index in [2.05, 4.69) is 5.32 Å². The van der Waals surface area contributed by atoms with Crippen molar-refractivity contribution in [1.29, 1.82) is 0 Å². The summed E-state index contributed by atoms with van der Waals surface area (Å²) in [7, 11) is -1.74. The topological polar surface area (TPSA) is 46.2 Å². The predicted octanol–water partition coefficient (Wildman–Crippen LogP) is 2.13. The highest BCUT2D eigenvalue weighted by Gasteiger charge is 2.16. The predicted molar refractivity (Wildman–Crippen MR) is 66.2 cm³/mol. The average molecular weight is 277 g/mol. The van der Waals surface area contributed by atoms with E-state index in [0.29, 0.717) is 12.8 Å². The molecule has 3 nitrogen and oxygen atoms in total. The molecule has 0 bridgehead atoms. The fraction of sp³-hybridized carbons (Fsp3) is 0.500. The van der Waals surface area contributed by atoms with Crippen molar-refractivity contribution in [1.82, 2.24) is 5.32 Å². The summed E-state index contributed by atoms with van der Waals surface area (Å²) in [6.07, 6.45) is 1.18. The van der Waals surface area contributed by atoms with Crippen molar-refractivity contribution in [3.8, 4) is 0 Å². The van der Waals surface area contributed by atoms with Gasteiger partial charge in [-0.05, 0) is 45.0 Å². The number of benzene rings is 1. The standard InChI is InChI=1S/C12H17F2NO2S/c1-9(15-2)4-3-7-18(16,17)10-5-6-11(13)12(14)8-10/h5-6,8-9,15H,3-4,7H2,1-2H3. The van der Waals surface area contributed by atoms with E-state index in [4.69, 9.17) is 0 Å². The molecular formula is C12H17F2NO2S. The third kappa shape index (κ3) is 4.03. The lowest BCUT2D eigenvalue weighted by atomic mass is 10.2. The van der Waals surface area contributed by atoms with Gasteiger partial charge in [0.25, 0.3) is 0 Å². The molecule has 0 amide bonds. The van der Waals surface area contributed by atoms with E-state index in [1.54, 1.807) is 7.05 Å². The molecule has 1 N–H and O–H groups in total. The first kappa shape index (κ1) is 15.0. The fourth-order valence-electron chi connectivity index (χ4n) is 1.51. The normalized spacial score (nSPS) is 13.6. The molecule has 1 aromatic rings. The second-order valence-corrected chi connectivity index (χ2v) is 6.34. The molecule has 0 aliphatic heterocycles. The Balaban J connectivity index is 2.71. The van der Waals surface area contributed by atoms with E-state index in [-0.39, 0.29) is 16.7 Å². The molecular weight excluding hydrogens is 260 g/mol. The lowest BCUT2D eigenvalue weighted by Crippen LogP contribution is -2.22. The van der Waals surface area contributed by atoms with Gasteiger partial charge in [-0.3, -0.25) is 0 Å². The van der Waals surface area contributed by atoms with Crippen molar-refractivity contribution in [2.45, 2.75) is 30.7 Å². The van der Waals surface area contributed by atoms with Crippen LogP contribution in [0.5, 0.6) is 0 Å². The van der Waals surface area contributed by atoms with Gasteiger partial charge in [0.2, 0.25) is 0 Å². The van der Waals surface area contributed by atoms with Crippen LogP contribution in [0.1, 0.15) is 19.8 Å². The summed E-state index contributed by atoms with van der Waals surface area (Å²) < 4.78 is 49.4. The van der Waals surface area contributed by atoms with Crippen LogP contribution in [0.4, 0.5) is 8.78 Å².